The lowest BCUT2D eigenvalue weighted by Gasteiger charge is -1.93. The van der Waals surface area contributed by atoms with E-state index in [2.05, 4.69) is 27.0 Å². The van der Waals surface area contributed by atoms with Gasteiger partial charge in [0.25, 0.3) is 0 Å². The van der Waals surface area contributed by atoms with Gasteiger partial charge in [-0.15, -0.1) is 0 Å². The van der Waals surface area contributed by atoms with Crippen LogP contribution < -0.4 is 0 Å². The van der Waals surface area contributed by atoms with Crippen molar-refractivity contribution in [1.82, 2.24) is 20.0 Å². The van der Waals surface area contributed by atoms with Crippen LogP contribution in [0.25, 0.3) is 11.0 Å². The molecule has 1 aromatic carbocycles. The van der Waals surface area contributed by atoms with Crippen molar-refractivity contribution in [3.05, 3.63) is 53.9 Å². The SMILES string of the molecule is Cc1cccc(C#CCCn2nc3ccccc3n2)n1. The first-order valence-corrected chi connectivity index (χ1v) is 6.54. The van der Waals surface area contributed by atoms with Crippen molar-refractivity contribution < 1.29 is 0 Å². The number of aromatic nitrogens is 4. The molecule has 3 rings (SSSR count). The van der Waals surface area contributed by atoms with Crippen molar-refractivity contribution in [1.29, 1.82) is 0 Å². The zero-order chi connectivity index (χ0) is 13.8. The third-order valence-corrected chi connectivity index (χ3v) is 2.87. The lowest BCUT2D eigenvalue weighted by molar-refractivity contribution is 0.555. The summed E-state index contributed by atoms with van der Waals surface area (Å²) in [6.07, 6.45) is 0.705. The van der Waals surface area contributed by atoms with Gasteiger partial charge in [0.1, 0.15) is 16.7 Å². The fourth-order valence-electron chi connectivity index (χ4n) is 1.93. The first kappa shape index (κ1) is 12.4. The van der Waals surface area contributed by atoms with E-state index in [1.807, 2.05) is 49.4 Å². The molecule has 0 N–H and O–H groups in total. The van der Waals surface area contributed by atoms with Gasteiger partial charge in [-0.2, -0.15) is 15.0 Å². The van der Waals surface area contributed by atoms with E-state index in [9.17, 15) is 0 Å². The minimum atomic E-state index is 0.688. The Morgan fingerprint density at radius 2 is 1.75 bits per heavy atom. The van der Waals surface area contributed by atoms with E-state index in [1.165, 1.54) is 0 Å². The molecule has 0 radical (unpaired) electrons. The molecule has 20 heavy (non-hydrogen) atoms. The highest BCUT2D eigenvalue weighted by Crippen LogP contribution is 2.07. The monoisotopic (exact) mass is 262 g/mol. The summed E-state index contributed by atoms with van der Waals surface area (Å²) < 4.78 is 0. The van der Waals surface area contributed by atoms with Gasteiger partial charge >= 0.3 is 0 Å². The summed E-state index contributed by atoms with van der Waals surface area (Å²) in [5.74, 6) is 6.17. The summed E-state index contributed by atoms with van der Waals surface area (Å²) in [6.45, 7) is 2.65. The molecule has 2 heterocycles. The van der Waals surface area contributed by atoms with Crippen LogP contribution in [-0.2, 0) is 6.54 Å². The predicted octanol–water partition coefficient (Wildman–Crippen LogP) is 2.58. The van der Waals surface area contributed by atoms with Gasteiger partial charge in [0.05, 0.1) is 6.54 Å². The van der Waals surface area contributed by atoms with Crippen LogP contribution in [0.5, 0.6) is 0 Å². The lowest BCUT2D eigenvalue weighted by atomic mass is 10.3. The van der Waals surface area contributed by atoms with E-state index in [0.717, 1.165) is 22.4 Å². The summed E-state index contributed by atoms with van der Waals surface area (Å²) in [5, 5.41) is 8.79. The summed E-state index contributed by atoms with van der Waals surface area (Å²) in [7, 11) is 0. The molecule has 0 fully saturated rings. The highest BCUT2D eigenvalue weighted by Gasteiger charge is 1.99. The van der Waals surface area contributed by atoms with Crippen LogP contribution in [0.3, 0.4) is 0 Å². The van der Waals surface area contributed by atoms with Gasteiger partial charge in [-0.1, -0.05) is 24.1 Å². The highest BCUT2D eigenvalue weighted by atomic mass is 15.5. The molecule has 0 saturated carbocycles. The molecule has 0 bridgehead atoms. The van der Waals surface area contributed by atoms with Gasteiger partial charge < -0.3 is 0 Å². The van der Waals surface area contributed by atoms with Gasteiger partial charge in [-0.25, -0.2) is 4.98 Å². The second kappa shape index (κ2) is 5.54. The number of hydrogen-bond acceptors (Lipinski definition) is 3. The molecule has 3 aromatic rings. The summed E-state index contributed by atoms with van der Waals surface area (Å²) >= 11 is 0. The molecule has 0 spiro atoms. The van der Waals surface area contributed by atoms with Gasteiger partial charge in [-0.3, -0.25) is 0 Å². The number of nitrogens with zero attached hydrogens (tertiary/aromatic N) is 4. The van der Waals surface area contributed by atoms with Crippen molar-refractivity contribution in [3.8, 4) is 11.8 Å². The standard InChI is InChI=1S/C16H14N4/c1-13-7-6-9-14(17-13)8-4-5-12-20-18-15-10-2-3-11-16(15)19-20/h2-3,6-7,9-11H,5,12H2,1H3. The smallest absolute Gasteiger partial charge is 0.113 e. The highest BCUT2D eigenvalue weighted by molar-refractivity contribution is 5.72. The maximum Gasteiger partial charge on any atom is 0.113 e. The topological polar surface area (TPSA) is 43.6 Å². The molecule has 4 nitrogen and oxygen atoms in total. The van der Waals surface area contributed by atoms with E-state index in [4.69, 9.17) is 0 Å². The van der Waals surface area contributed by atoms with Crippen LogP contribution in [0.1, 0.15) is 17.8 Å². The summed E-state index contributed by atoms with van der Waals surface area (Å²) in [6, 6.07) is 13.7. The minimum Gasteiger partial charge on any atom is -0.245 e. The summed E-state index contributed by atoms with van der Waals surface area (Å²) in [4.78, 5) is 6.04. The third-order valence-electron chi connectivity index (χ3n) is 2.87. The molecule has 0 aliphatic rings. The van der Waals surface area contributed by atoms with E-state index in [1.54, 1.807) is 4.80 Å². The van der Waals surface area contributed by atoms with Crippen LogP contribution in [0.15, 0.2) is 42.5 Å². The quantitative estimate of drug-likeness (QED) is 0.667. The Hall–Kier alpha value is -2.67. The molecule has 0 unspecified atom stereocenters. The van der Waals surface area contributed by atoms with Crippen molar-refractivity contribution >= 4 is 11.0 Å². The van der Waals surface area contributed by atoms with Gasteiger partial charge in [0.2, 0.25) is 0 Å². The molecule has 0 atom stereocenters. The number of rotatable bonds is 2. The number of aryl methyl sites for hydroxylation is 2. The Kier molecular flexibility index (Phi) is 3.42. The molecule has 0 aliphatic carbocycles. The Morgan fingerprint density at radius 3 is 2.45 bits per heavy atom. The fourth-order valence-corrected chi connectivity index (χ4v) is 1.93. The normalized spacial score (nSPS) is 10.2. The van der Waals surface area contributed by atoms with Crippen LogP contribution in [0, 0.1) is 18.8 Å². The Labute approximate surface area is 117 Å². The molecule has 2 aromatic heterocycles. The molecule has 0 amide bonds. The van der Waals surface area contributed by atoms with Crippen LogP contribution in [0.2, 0.25) is 0 Å². The second-order valence-electron chi connectivity index (χ2n) is 4.50. The molecule has 4 heteroatoms. The van der Waals surface area contributed by atoms with Crippen molar-refractivity contribution in [3.63, 3.8) is 0 Å². The van der Waals surface area contributed by atoms with Gasteiger partial charge in [0.15, 0.2) is 0 Å². The maximum absolute atomic E-state index is 4.39. The average molecular weight is 262 g/mol. The number of fused-ring (bicyclic) bond motifs is 1. The third kappa shape index (κ3) is 2.83. The Morgan fingerprint density at radius 1 is 1.00 bits per heavy atom. The van der Waals surface area contributed by atoms with Crippen LogP contribution in [0.4, 0.5) is 0 Å². The van der Waals surface area contributed by atoms with Crippen LogP contribution >= 0.6 is 0 Å². The Bertz CT molecular complexity index is 760. The second-order valence-corrected chi connectivity index (χ2v) is 4.50. The molecule has 0 aliphatic heterocycles. The summed E-state index contributed by atoms with van der Waals surface area (Å²) in [5.41, 5.74) is 3.63. The minimum absolute atomic E-state index is 0.688. The maximum atomic E-state index is 4.39. The van der Waals surface area contributed by atoms with E-state index < -0.39 is 0 Å². The van der Waals surface area contributed by atoms with Crippen molar-refractivity contribution in [2.75, 3.05) is 0 Å². The number of benzene rings is 1. The largest absolute Gasteiger partial charge is 0.245 e. The van der Waals surface area contributed by atoms with Crippen molar-refractivity contribution in [2.45, 2.75) is 19.9 Å². The fraction of sp³-hybridized carbons (Fsp3) is 0.188. The predicted molar refractivity (Wildman–Crippen MR) is 78.0 cm³/mol. The first-order valence-electron chi connectivity index (χ1n) is 6.54. The van der Waals surface area contributed by atoms with Crippen molar-refractivity contribution in [2.24, 2.45) is 0 Å². The van der Waals surface area contributed by atoms with E-state index >= 15 is 0 Å². The van der Waals surface area contributed by atoms with Gasteiger partial charge in [0, 0.05) is 12.1 Å². The lowest BCUT2D eigenvalue weighted by Crippen LogP contribution is -2.01. The molecule has 98 valence electrons. The average Bonchev–Trinajstić information content (AvgIpc) is 2.86. The van der Waals surface area contributed by atoms with Gasteiger partial charge in [-0.05, 0) is 37.1 Å². The molecular formula is C16H14N4. The number of pyridine rings is 1. The van der Waals surface area contributed by atoms with Crippen LogP contribution in [-0.4, -0.2) is 20.0 Å². The molecule has 0 saturated heterocycles. The Balaban J connectivity index is 1.65. The zero-order valence-corrected chi connectivity index (χ0v) is 11.2. The zero-order valence-electron chi connectivity index (χ0n) is 11.2. The number of hydrogen-bond donors (Lipinski definition) is 0. The van der Waals surface area contributed by atoms with E-state index in [-0.39, 0.29) is 0 Å². The first-order chi connectivity index (χ1) is 9.81. The van der Waals surface area contributed by atoms with E-state index in [0.29, 0.717) is 13.0 Å². The molecular weight excluding hydrogens is 248 g/mol.